The van der Waals surface area contributed by atoms with Crippen molar-refractivity contribution < 1.29 is 14.5 Å². The Morgan fingerprint density at radius 2 is 2.20 bits per heavy atom. The van der Waals surface area contributed by atoms with Crippen molar-refractivity contribution in [2.24, 2.45) is 0 Å². The van der Waals surface area contributed by atoms with E-state index in [1.165, 1.54) is 34.2 Å². The molecule has 0 bridgehead atoms. The molecule has 0 amide bonds. The number of carbonyl (C=O) groups is 1. The first-order valence-corrected chi connectivity index (χ1v) is 7.54. The van der Waals surface area contributed by atoms with Crippen LogP contribution < -0.4 is 0 Å². The molecule has 0 atom stereocenters. The molecule has 0 unspecified atom stereocenters. The summed E-state index contributed by atoms with van der Waals surface area (Å²) in [6.07, 6.45) is 5.51. The minimum absolute atomic E-state index is 0.0503. The quantitative estimate of drug-likeness (QED) is 0.379. The zero-order valence-corrected chi connectivity index (χ0v) is 13.5. The molecule has 3 rings (SSSR count). The van der Waals surface area contributed by atoms with Gasteiger partial charge in [0.1, 0.15) is 12.8 Å². The number of esters is 1. The van der Waals surface area contributed by atoms with E-state index in [-0.39, 0.29) is 24.5 Å². The van der Waals surface area contributed by atoms with Gasteiger partial charge in [-0.1, -0.05) is 17.7 Å². The van der Waals surface area contributed by atoms with Gasteiger partial charge in [0.25, 0.3) is 0 Å². The zero-order chi connectivity index (χ0) is 17.8. The number of halogens is 1. The number of hydrogen-bond donors (Lipinski definition) is 0. The largest absolute Gasteiger partial charge is 0.460 e. The molecule has 2 heterocycles. The Morgan fingerprint density at radius 1 is 1.36 bits per heavy atom. The Kier molecular flexibility index (Phi) is 4.75. The Balaban J connectivity index is 1.57. The molecule has 0 spiro atoms. The normalized spacial score (nSPS) is 10.6. The summed E-state index contributed by atoms with van der Waals surface area (Å²) in [7, 11) is 0. The minimum Gasteiger partial charge on any atom is -0.460 e. The van der Waals surface area contributed by atoms with Crippen molar-refractivity contribution in [3.05, 3.63) is 69.9 Å². The second-order valence-electron chi connectivity index (χ2n) is 5.02. The molecule has 0 saturated heterocycles. The van der Waals surface area contributed by atoms with Crippen LogP contribution in [0.5, 0.6) is 0 Å². The molecule has 3 aromatic rings. The molecule has 0 radical (unpaired) electrons. The van der Waals surface area contributed by atoms with E-state index in [4.69, 9.17) is 16.3 Å². The van der Waals surface area contributed by atoms with E-state index in [0.717, 1.165) is 5.69 Å². The molecule has 0 saturated carbocycles. The number of nitro groups is 1. The van der Waals surface area contributed by atoms with Crippen LogP contribution in [0.3, 0.4) is 0 Å². The van der Waals surface area contributed by atoms with Crippen LogP contribution in [0.2, 0.25) is 5.02 Å². The predicted octanol–water partition coefficient (Wildman–Crippen LogP) is 2.49. The monoisotopic (exact) mass is 361 g/mol. The second kappa shape index (κ2) is 7.14. The van der Waals surface area contributed by atoms with Crippen LogP contribution in [0.25, 0.3) is 5.69 Å². The SMILES string of the molecule is O=C(OCCn1cnc([N+](=O)[O-])c1)c1cnn(-c2cccc(Cl)c2)c1. The fourth-order valence-electron chi connectivity index (χ4n) is 2.08. The lowest BCUT2D eigenvalue weighted by Gasteiger charge is -2.03. The van der Waals surface area contributed by atoms with Gasteiger partial charge in [-0.05, 0) is 28.1 Å². The average Bonchev–Trinajstić information content (AvgIpc) is 3.24. The maximum atomic E-state index is 12.0. The van der Waals surface area contributed by atoms with Crippen molar-refractivity contribution in [1.29, 1.82) is 0 Å². The highest BCUT2D eigenvalue weighted by molar-refractivity contribution is 6.30. The van der Waals surface area contributed by atoms with E-state index in [1.54, 1.807) is 24.3 Å². The van der Waals surface area contributed by atoms with E-state index in [9.17, 15) is 14.9 Å². The summed E-state index contributed by atoms with van der Waals surface area (Å²) < 4.78 is 8.13. The third-order valence-electron chi connectivity index (χ3n) is 3.28. The van der Waals surface area contributed by atoms with Gasteiger partial charge in [0, 0.05) is 11.2 Å². The van der Waals surface area contributed by atoms with Gasteiger partial charge in [-0.3, -0.25) is 0 Å². The fourth-order valence-corrected chi connectivity index (χ4v) is 2.26. The van der Waals surface area contributed by atoms with Gasteiger partial charge in [0.05, 0.1) is 24.0 Å². The van der Waals surface area contributed by atoms with Crippen LogP contribution in [0.1, 0.15) is 10.4 Å². The molecule has 0 aliphatic rings. The number of nitrogens with zero attached hydrogens (tertiary/aromatic N) is 5. The molecule has 9 nitrogen and oxygen atoms in total. The van der Waals surface area contributed by atoms with E-state index < -0.39 is 10.9 Å². The third-order valence-corrected chi connectivity index (χ3v) is 3.52. The summed E-state index contributed by atoms with van der Waals surface area (Å²) in [5.41, 5.74) is 1.01. The summed E-state index contributed by atoms with van der Waals surface area (Å²) in [5.74, 6) is -0.794. The van der Waals surface area contributed by atoms with Crippen molar-refractivity contribution in [2.75, 3.05) is 6.61 Å². The standard InChI is InChI=1S/C15H12ClN5O4/c16-12-2-1-3-13(6-12)20-8-11(7-18-20)15(22)25-5-4-19-9-14(17-10-19)21(23)24/h1-3,6-10H,4-5H2. The fraction of sp³-hybridized carbons (Fsp3) is 0.133. The molecule has 0 N–H and O–H groups in total. The first-order chi connectivity index (χ1) is 12.0. The van der Waals surface area contributed by atoms with E-state index >= 15 is 0 Å². The Bertz CT molecular complexity index is 920. The number of hydrogen-bond acceptors (Lipinski definition) is 6. The van der Waals surface area contributed by atoms with Crippen LogP contribution >= 0.6 is 11.6 Å². The van der Waals surface area contributed by atoms with Gasteiger partial charge >= 0.3 is 11.8 Å². The van der Waals surface area contributed by atoms with Gasteiger partial charge in [-0.25, -0.2) is 9.48 Å². The van der Waals surface area contributed by atoms with Crippen LogP contribution in [0, 0.1) is 10.1 Å². The van der Waals surface area contributed by atoms with Crippen molar-refractivity contribution in [3.8, 4) is 5.69 Å². The topological polar surface area (TPSA) is 105 Å². The lowest BCUT2D eigenvalue weighted by molar-refractivity contribution is -0.389. The van der Waals surface area contributed by atoms with Crippen molar-refractivity contribution >= 4 is 23.4 Å². The van der Waals surface area contributed by atoms with Crippen LogP contribution in [0.15, 0.2) is 49.2 Å². The van der Waals surface area contributed by atoms with Crippen molar-refractivity contribution in [2.45, 2.75) is 6.54 Å². The van der Waals surface area contributed by atoms with Crippen molar-refractivity contribution in [1.82, 2.24) is 19.3 Å². The summed E-state index contributed by atoms with van der Waals surface area (Å²) in [5, 5.41) is 15.2. The Morgan fingerprint density at radius 3 is 2.92 bits per heavy atom. The molecular weight excluding hydrogens is 350 g/mol. The molecule has 2 aromatic heterocycles. The predicted molar refractivity (Wildman–Crippen MR) is 87.7 cm³/mol. The number of carbonyl (C=O) groups excluding carboxylic acids is 1. The highest BCUT2D eigenvalue weighted by Gasteiger charge is 2.13. The highest BCUT2D eigenvalue weighted by Crippen LogP contribution is 2.15. The molecule has 0 aliphatic carbocycles. The minimum atomic E-state index is -0.591. The number of aromatic nitrogens is 4. The molecule has 1 aromatic carbocycles. The lowest BCUT2D eigenvalue weighted by Crippen LogP contribution is -2.10. The van der Waals surface area contributed by atoms with E-state index in [1.807, 2.05) is 0 Å². The van der Waals surface area contributed by atoms with Crippen LogP contribution in [0.4, 0.5) is 5.82 Å². The highest BCUT2D eigenvalue weighted by atomic mass is 35.5. The zero-order valence-electron chi connectivity index (χ0n) is 12.8. The molecule has 0 aliphatic heterocycles. The molecule has 128 valence electrons. The summed E-state index contributed by atoms with van der Waals surface area (Å²) in [6.45, 7) is 0.309. The summed E-state index contributed by atoms with van der Waals surface area (Å²) in [4.78, 5) is 25.6. The Labute approximate surface area is 146 Å². The maximum Gasteiger partial charge on any atom is 0.381 e. The second-order valence-corrected chi connectivity index (χ2v) is 5.45. The third kappa shape index (κ3) is 4.01. The Hall–Kier alpha value is -3.20. The van der Waals surface area contributed by atoms with Gasteiger partial charge in [0.15, 0.2) is 0 Å². The van der Waals surface area contributed by atoms with Crippen LogP contribution in [-0.2, 0) is 11.3 Å². The van der Waals surface area contributed by atoms with Gasteiger partial charge in [0.2, 0.25) is 6.33 Å². The van der Waals surface area contributed by atoms with Crippen LogP contribution in [-0.4, -0.2) is 36.8 Å². The van der Waals surface area contributed by atoms with Gasteiger partial charge in [-0.2, -0.15) is 5.10 Å². The van der Waals surface area contributed by atoms with Gasteiger partial charge < -0.3 is 19.4 Å². The molecule has 0 fully saturated rings. The first-order valence-electron chi connectivity index (χ1n) is 7.17. The lowest BCUT2D eigenvalue weighted by atomic mass is 10.3. The summed E-state index contributed by atoms with van der Waals surface area (Å²) >= 11 is 5.93. The maximum absolute atomic E-state index is 12.0. The summed E-state index contributed by atoms with van der Waals surface area (Å²) in [6, 6.07) is 7.04. The molecular formula is C15H12ClN5O4. The molecule has 10 heteroatoms. The number of imidazole rings is 1. The smallest absolute Gasteiger partial charge is 0.381 e. The molecule has 25 heavy (non-hydrogen) atoms. The van der Waals surface area contributed by atoms with E-state index in [2.05, 4.69) is 10.1 Å². The number of benzene rings is 1. The van der Waals surface area contributed by atoms with Crippen molar-refractivity contribution in [3.63, 3.8) is 0 Å². The average molecular weight is 362 g/mol. The van der Waals surface area contributed by atoms with E-state index in [0.29, 0.717) is 5.02 Å². The van der Waals surface area contributed by atoms with Gasteiger partial charge in [-0.15, -0.1) is 0 Å². The first kappa shape index (κ1) is 16.7. The number of ether oxygens (including phenoxy) is 1. The number of rotatable bonds is 6.